The molecule has 6 heteroatoms. The van der Waals surface area contributed by atoms with Gasteiger partial charge >= 0.3 is 0 Å². The van der Waals surface area contributed by atoms with Gasteiger partial charge in [-0.05, 0) is 38.3 Å². The van der Waals surface area contributed by atoms with Crippen LogP contribution in [0.4, 0.5) is 0 Å². The molecule has 0 spiro atoms. The SMILES string of the molecule is C=NC=NC1=C(C)C(c2nc3cccnc3s2)=C[C@@H](C)NC1. The highest BCUT2D eigenvalue weighted by Gasteiger charge is 2.18. The first-order chi connectivity index (χ1) is 10.7. The molecule has 0 aliphatic carbocycles. The molecule has 3 rings (SSSR count). The Bertz CT molecular complexity index is 767. The Morgan fingerprint density at radius 1 is 1.50 bits per heavy atom. The summed E-state index contributed by atoms with van der Waals surface area (Å²) in [5.74, 6) is 0. The fourth-order valence-electron chi connectivity index (χ4n) is 2.35. The van der Waals surface area contributed by atoms with Crippen LogP contribution in [0.1, 0.15) is 18.9 Å². The molecular weight excluding hydrogens is 294 g/mol. The summed E-state index contributed by atoms with van der Waals surface area (Å²) in [5, 5.41) is 4.39. The summed E-state index contributed by atoms with van der Waals surface area (Å²) in [4.78, 5) is 18.1. The second kappa shape index (κ2) is 6.29. The average molecular weight is 311 g/mol. The number of allylic oxidation sites excluding steroid dienone is 2. The first-order valence-electron chi connectivity index (χ1n) is 7.04. The Morgan fingerprint density at radius 2 is 2.36 bits per heavy atom. The van der Waals surface area contributed by atoms with Crippen LogP contribution in [0.15, 0.2) is 45.7 Å². The van der Waals surface area contributed by atoms with Crippen LogP contribution in [0.3, 0.4) is 0 Å². The zero-order chi connectivity index (χ0) is 15.5. The van der Waals surface area contributed by atoms with Crippen molar-refractivity contribution in [3.8, 4) is 0 Å². The predicted molar refractivity (Wildman–Crippen MR) is 93.6 cm³/mol. The van der Waals surface area contributed by atoms with Gasteiger partial charge in [-0.1, -0.05) is 17.4 Å². The van der Waals surface area contributed by atoms with Gasteiger partial charge in [0.2, 0.25) is 0 Å². The summed E-state index contributed by atoms with van der Waals surface area (Å²) in [6, 6.07) is 4.14. The third-order valence-corrected chi connectivity index (χ3v) is 4.55. The van der Waals surface area contributed by atoms with Gasteiger partial charge < -0.3 is 5.32 Å². The first kappa shape index (κ1) is 14.7. The van der Waals surface area contributed by atoms with Crippen LogP contribution < -0.4 is 5.32 Å². The second-order valence-corrected chi connectivity index (χ2v) is 6.07. The van der Waals surface area contributed by atoms with Crippen molar-refractivity contribution >= 4 is 40.3 Å². The highest BCUT2D eigenvalue weighted by molar-refractivity contribution is 7.19. The molecule has 3 heterocycles. The minimum Gasteiger partial charge on any atom is -0.305 e. The molecule has 1 aliphatic rings. The van der Waals surface area contributed by atoms with Crippen LogP contribution >= 0.6 is 11.3 Å². The zero-order valence-electron chi connectivity index (χ0n) is 12.6. The van der Waals surface area contributed by atoms with Gasteiger partial charge in [0.1, 0.15) is 21.7 Å². The van der Waals surface area contributed by atoms with Crippen LogP contribution in [-0.4, -0.2) is 35.6 Å². The third-order valence-electron chi connectivity index (χ3n) is 3.54. The van der Waals surface area contributed by atoms with E-state index in [2.05, 4.69) is 46.9 Å². The van der Waals surface area contributed by atoms with Gasteiger partial charge in [0.15, 0.2) is 0 Å². The van der Waals surface area contributed by atoms with Crippen molar-refractivity contribution in [2.24, 2.45) is 9.98 Å². The summed E-state index contributed by atoms with van der Waals surface area (Å²) in [6.07, 6.45) is 5.47. The molecule has 0 amide bonds. The lowest BCUT2D eigenvalue weighted by atomic mass is 10.1. The number of fused-ring (bicyclic) bond motifs is 1. The number of rotatable bonds is 3. The Morgan fingerprint density at radius 3 is 3.14 bits per heavy atom. The molecule has 2 aromatic heterocycles. The Hall–Kier alpha value is -2.18. The van der Waals surface area contributed by atoms with Gasteiger partial charge in [0, 0.05) is 24.4 Å². The van der Waals surface area contributed by atoms with Crippen LogP contribution in [0.2, 0.25) is 0 Å². The Balaban J connectivity index is 2.11. The quantitative estimate of drug-likeness (QED) is 0.700. The lowest BCUT2D eigenvalue weighted by Gasteiger charge is -2.06. The number of nitrogens with one attached hydrogen (secondary N) is 1. The minimum absolute atomic E-state index is 0.245. The molecule has 0 saturated heterocycles. The van der Waals surface area contributed by atoms with Crippen molar-refractivity contribution in [1.82, 2.24) is 15.3 Å². The van der Waals surface area contributed by atoms with Gasteiger partial charge in [0.05, 0.1) is 5.70 Å². The molecule has 0 saturated carbocycles. The van der Waals surface area contributed by atoms with Crippen molar-refractivity contribution in [1.29, 1.82) is 0 Å². The van der Waals surface area contributed by atoms with Gasteiger partial charge in [0.25, 0.3) is 0 Å². The van der Waals surface area contributed by atoms with Gasteiger partial charge in [-0.2, -0.15) is 0 Å². The number of pyridine rings is 1. The maximum atomic E-state index is 4.72. The Kier molecular flexibility index (Phi) is 4.22. The van der Waals surface area contributed by atoms with Crippen molar-refractivity contribution < 1.29 is 0 Å². The summed E-state index contributed by atoms with van der Waals surface area (Å²) in [5.41, 5.74) is 4.10. The minimum atomic E-state index is 0.245. The molecule has 0 aromatic carbocycles. The molecule has 2 aromatic rings. The molecule has 22 heavy (non-hydrogen) atoms. The van der Waals surface area contributed by atoms with E-state index in [-0.39, 0.29) is 6.04 Å². The highest BCUT2D eigenvalue weighted by atomic mass is 32.1. The van der Waals surface area contributed by atoms with Crippen LogP contribution in [0, 0.1) is 0 Å². The van der Waals surface area contributed by atoms with E-state index in [9.17, 15) is 0 Å². The molecule has 1 N–H and O–H groups in total. The first-order valence-corrected chi connectivity index (χ1v) is 7.86. The van der Waals surface area contributed by atoms with Crippen LogP contribution in [-0.2, 0) is 0 Å². The Labute approximate surface area is 133 Å². The lowest BCUT2D eigenvalue weighted by molar-refractivity contribution is 0.674. The fourth-order valence-corrected chi connectivity index (χ4v) is 3.34. The molecule has 0 unspecified atom stereocenters. The number of aromatic nitrogens is 2. The molecule has 1 aliphatic heterocycles. The van der Waals surface area contributed by atoms with E-state index in [1.807, 2.05) is 12.1 Å². The molecule has 1 atom stereocenters. The number of hydrogen-bond acceptors (Lipinski definition) is 5. The molecule has 0 fully saturated rings. The van der Waals surface area contributed by atoms with E-state index >= 15 is 0 Å². The zero-order valence-corrected chi connectivity index (χ0v) is 13.4. The highest BCUT2D eigenvalue weighted by Crippen LogP contribution is 2.32. The smallest absolute Gasteiger partial charge is 0.143 e. The van der Waals surface area contributed by atoms with E-state index in [4.69, 9.17) is 4.98 Å². The number of thiazole rings is 1. The molecule has 0 radical (unpaired) electrons. The predicted octanol–water partition coefficient (Wildman–Crippen LogP) is 3.07. The molecular formula is C16H17N5S. The number of aliphatic imine (C=N–C) groups is 2. The van der Waals surface area contributed by atoms with Crippen LogP contribution in [0.25, 0.3) is 15.9 Å². The van der Waals surface area contributed by atoms with Crippen molar-refractivity contribution in [3.63, 3.8) is 0 Å². The van der Waals surface area contributed by atoms with Crippen molar-refractivity contribution in [2.75, 3.05) is 6.54 Å². The number of nitrogens with zero attached hydrogens (tertiary/aromatic N) is 4. The van der Waals surface area contributed by atoms with E-state index in [1.165, 1.54) is 6.34 Å². The summed E-state index contributed by atoms with van der Waals surface area (Å²) in [6.45, 7) is 8.33. The lowest BCUT2D eigenvalue weighted by Crippen LogP contribution is -2.24. The van der Waals surface area contributed by atoms with E-state index in [1.54, 1.807) is 17.5 Å². The normalized spacial score (nSPS) is 19.5. The monoisotopic (exact) mass is 311 g/mol. The van der Waals surface area contributed by atoms with Crippen molar-refractivity contribution in [2.45, 2.75) is 19.9 Å². The summed E-state index contributed by atoms with van der Waals surface area (Å²) in [7, 11) is 0. The molecule has 0 bridgehead atoms. The summed E-state index contributed by atoms with van der Waals surface area (Å²) < 4.78 is 0. The summed E-state index contributed by atoms with van der Waals surface area (Å²) >= 11 is 1.60. The topological polar surface area (TPSA) is 62.5 Å². The standard InChI is InChI=1S/C16H17N5S/c1-10-7-12(11(2)14(8-19-10)20-9-17-3)15-21-13-5-4-6-18-16(13)22-15/h4-7,9-10,19H,3,8H2,1-2H3/t10-/m1/s1. The maximum absolute atomic E-state index is 4.72. The van der Waals surface area contributed by atoms with E-state index in [0.29, 0.717) is 6.54 Å². The third kappa shape index (κ3) is 2.88. The molecule has 112 valence electrons. The van der Waals surface area contributed by atoms with Crippen molar-refractivity contribution in [3.05, 3.63) is 40.7 Å². The van der Waals surface area contributed by atoms with Gasteiger partial charge in [-0.15, -0.1) is 0 Å². The second-order valence-electron chi connectivity index (χ2n) is 5.10. The fraction of sp³-hybridized carbons (Fsp3) is 0.250. The van der Waals surface area contributed by atoms with Gasteiger partial charge in [-0.3, -0.25) is 4.99 Å². The van der Waals surface area contributed by atoms with Gasteiger partial charge in [-0.25, -0.2) is 15.0 Å². The molecule has 5 nitrogen and oxygen atoms in total. The van der Waals surface area contributed by atoms with E-state index in [0.717, 1.165) is 32.2 Å². The average Bonchev–Trinajstić information content (AvgIpc) is 2.89. The largest absolute Gasteiger partial charge is 0.305 e. The van der Waals surface area contributed by atoms with E-state index < -0.39 is 0 Å². The maximum Gasteiger partial charge on any atom is 0.143 e. The number of hydrogen-bond donors (Lipinski definition) is 1. The van der Waals surface area contributed by atoms with Crippen LogP contribution in [0.5, 0.6) is 0 Å².